The van der Waals surface area contributed by atoms with Crippen molar-refractivity contribution >= 4 is 33.6 Å². The number of amides is 3. The molecule has 3 amide bonds. The zero-order chi connectivity index (χ0) is 21.3. The van der Waals surface area contributed by atoms with Gasteiger partial charge in [0.2, 0.25) is 0 Å². The Morgan fingerprint density at radius 1 is 1.00 bits per heavy atom. The molecule has 0 saturated heterocycles. The van der Waals surface area contributed by atoms with Crippen LogP contribution in [-0.2, 0) is 19.6 Å². The topological polar surface area (TPSA) is 131 Å². The molecule has 0 radical (unpaired) electrons. The summed E-state index contributed by atoms with van der Waals surface area (Å²) < 4.78 is 31.9. The number of hydrogen-bond acceptors (Lipinski definition) is 6. The van der Waals surface area contributed by atoms with E-state index in [-0.39, 0.29) is 17.0 Å². The third kappa shape index (κ3) is 6.78. The number of ether oxygens (including phenoxy) is 1. The van der Waals surface area contributed by atoms with E-state index in [2.05, 4.69) is 16.6 Å². The summed E-state index contributed by atoms with van der Waals surface area (Å²) in [6.07, 6.45) is 1.43. The van der Waals surface area contributed by atoms with Crippen LogP contribution in [0.3, 0.4) is 0 Å². The Bertz CT molecular complexity index is 988. The Kier molecular flexibility index (Phi) is 7.49. The number of benzene rings is 2. The summed E-state index contributed by atoms with van der Waals surface area (Å²) in [4.78, 5) is 34.8. The van der Waals surface area contributed by atoms with Crippen LogP contribution < -0.4 is 15.4 Å². The molecule has 0 fully saturated rings. The fourth-order valence-electron chi connectivity index (χ4n) is 2.08. The largest absolute Gasteiger partial charge is 0.452 e. The van der Waals surface area contributed by atoms with Crippen molar-refractivity contribution < 1.29 is 27.5 Å². The fraction of sp³-hybridized carbons (Fsp3) is 0.105. The Morgan fingerprint density at radius 3 is 2.28 bits per heavy atom. The molecular weight excluding hydrogens is 398 g/mol. The van der Waals surface area contributed by atoms with Gasteiger partial charge in [0.05, 0.1) is 10.5 Å². The number of esters is 1. The highest BCUT2D eigenvalue weighted by molar-refractivity contribution is 7.92. The van der Waals surface area contributed by atoms with Crippen LogP contribution in [-0.4, -0.2) is 39.5 Å². The second-order valence-corrected chi connectivity index (χ2v) is 7.30. The number of carbonyl (C=O) groups is 3. The van der Waals surface area contributed by atoms with Gasteiger partial charge in [-0.1, -0.05) is 24.3 Å². The lowest BCUT2D eigenvalue weighted by molar-refractivity contribution is -0.123. The van der Waals surface area contributed by atoms with Crippen LogP contribution in [0.25, 0.3) is 0 Å². The summed E-state index contributed by atoms with van der Waals surface area (Å²) in [5, 5.41) is 4.30. The molecule has 0 spiro atoms. The number of rotatable bonds is 8. The molecule has 152 valence electrons. The van der Waals surface area contributed by atoms with E-state index >= 15 is 0 Å². The normalized spacial score (nSPS) is 10.5. The molecule has 0 unspecified atom stereocenters. The first-order valence-electron chi connectivity index (χ1n) is 8.35. The van der Waals surface area contributed by atoms with E-state index in [9.17, 15) is 22.8 Å². The monoisotopic (exact) mass is 417 g/mol. The van der Waals surface area contributed by atoms with Crippen LogP contribution in [0.15, 0.2) is 72.1 Å². The molecule has 2 aromatic carbocycles. The quantitative estimate of drug-likeness (QED) is 0.442. The Morgan fingerprint density at radius 2 is 1.66 bits per heavy atom. The highest BCUT2D eigenvalue weighted by atomic mass is 32.2. The van der Waals surface area contributed by atoms with Crippen LogP contribution in [0, 0.1) is 0 Å². The van der Waals surface area contributed by atoms with Crippen molar-refractivity contribution in [3.8, 4) is 0 Å². The van der Waals surface area contributed by atoms with E-state index in [0.717, 1.165) is 0 Å². The van der Waals surface area contributed by atoms with Crippen molar-refractivity contribution in [2.45, 2.75) is 4.90 Å². The third-order valence-corrected chi connectivity index (χ3v) is 4.82. The van der Waals surface area contributed by atoms with Crippen LogP contribution >= 0.6 is 0 Å². The second kappa shape index (κ2) is 10.0. The average Bonchev–Trinajstić information content (AvgIpc) is 2.71. The van der Waals surface area contributed by atoms with Crippen molar-refractivity contribution in [1.82, 2.24) is 10.6 Å². The maximum absolute atomic E-state index is 12.4. The molecule has 0 aliphatic rings. The lowest BCUT2D eigenvalue weighted by Gasteiger charge is -2.09. The summed E-state index contributed by atoms with van der Waals surface area (Å²) in [5.41, 5.74) is 0.451. The van der Waals surface area contributed by atoms with Crippen LogP contribution in [0.1, 0.15) is 10.4 Å². The number of para-hydroxylation sites is 1. The first kappa shape index (κ1) is 21.6. The smallest absolute Gasteiger partial charge is 0.338 e. The van der Waals surface area contributed by atoms with Gasteiger partial charge in [-0.2, -0.15) is 0 Å². The van der Waals surface area contributed by atoms with E-state index in [1.807, 2.05) is 5.32 Å². The Labute approximate surface area is 167 Å². The number of hydrogen-bond donors (Lipinski definition) is 3. The van der Waals surface area contributed by atoms with Crippen LogP contribution in [0.4, 0.5) is 10.5 Å². The molecule has 9 nitrogen and oxygen atoms in total. The summed E-state index contributed by atoms with van der Waals surface area (Å²) in [7, 11) is -3.82. The van der Waals surface area contributed by atoms with Gasteiger partial charge in [0, 0.05) is 12.2 Å². The number of nitrogens with one attached hydrogen (secondary N) is 3. The number of urea groups is 1. The van der Waals surface area contributed by atoms with Crippen molar-refractivity contribution in [2.75, 3.05) is 17.9 Å². The lowest BCUT2D eigenvalue weighted by atomic mass is 10.2. The summed E-state index contributed by atoms with van der Waals surface area (Å²) in [5.74, 6) is -1.65. The van der Waals surface area contributed by atoms with Crippen molar-refractivity contribution in [1.29, 1.82) is 0 Å². The highest BCUT2D eigenvalue weighted by Gasteiger charge is 2.16. The zero-order valence-electron chi connectivity index (χ0n) is 15.3. The van der Waals surface area contributed by atoms with Gasteiger partial charge in [0.15, 0.2) is 6.61 Å². The fourth-order valence-corrected chi connectivity index (χ4v) is 3.14. The highest BCUT2D eigenvalue weighted by Crippen LogP contribution is 2.16. The molecule has 0 aliphatic heterocycles. The average molecular weight is 417 g/mol. The molecule has 0 saturated carbocycles. The minimum atomic E-state index is -3.82. The standard InChI is InChI=1S/C19H19N3O6S/c1-2-12-20-19(25)21-17(23)13-28-18(24)14-8-10-16(11-9-14)29(26,27)22-15-6-4-3-5-7-15/h2-11,22H,1,12-13H2,(H2,20,21,23,25). The molecule has 2 rings (SSSR count). The molecule has 10 heteroatoms. The predicted molar refractivity (Wildman–Crippen MR) is 106 cm³/mol. The molecule has 0 atom stereocenters. The van der Waals surface area contributed by atoms with Crippen molar-refractivity contribution in [3.05, 3.63) is 72.8 Å². The number of sulfonamides is 1. The van der Waals surface area contributed by atoms with Gasteiger partial charge in [-0.25, -0.2) is 18.0 Å². The van der Waals surface area contributed by atoms with E-state index in [4.69, 9.17) is 4.74 Å². The Balaban J connectivity index is 1.92. The van der Waals surface area contributed by atoms with Crippen LogP contribution in [0.5, 0.6) is 0 Å². The van der Waals surface area contributed by atoms with Gasteiger partial charge in [0.25, 0.3) is 15.9 Å². The van der Waals surface area contributed by atoms with Gasteiger partial charge in [0.1, 0.15) is 0 Å². The van der Waals surface area contributed by atoms with E-state index in [1.165, 1.54) is 30.3 Å². The van der Waals surface area contributed by atoms with Crippen molar-refractivity contribution in [2.24, 2.45) is 0 Å². The molecule has 29 heavy (non-hydrogen) atoms. The zero-order valence-corrected chi connectivity index (χ0v) is 16.1. The maximum atomic E-state index is 12.4. The van der Waals surface area contributed by atoms with Gasteiger partial charge in [-0.3, -0.25) is 14.8 Å². The number of imide groups is 1. The van der Waals surface area contributed by atoms with Crippen LogP contribution in [0.2, 0.25) is 0 Å². The summed E-state index contributed by atoms with van der Waals surface area (Å²) in [6.45, 7) is 2.91. The van der Waals surface area contributed by atoms with E-state index < -0.39 is 34.5 Å². The van der Waals surface area contributed by atoms with Crippen molar-refractivity contribution in [3.63, 3.8) is 0 Å². The third-order valence-electron chi connectivity index (χ3n) is 3.42. The van der Waals surface area contributed by atoms with Gasteiger partial charge < -0.3 is 10.1 Å². The molecule has 0 heterocycles. The first-order valence-corrected chi connectivity index (χ1v) is 9.84. The molecule has 2 aromatic rings. The maximum Gasteiger partial charge on any atom is 0.338 e. The molecule has 3 N–H and O–H groups in total. The summed E-state index contributed by atoms with van der Waals surface area (Å²) in [6, 6.07) is 12.6. The molecular formula is C19H19N3O6S. The summed E-state index contributed by atoms with van der Waals surface area (Å²) >= 11 is 0. The second-order valence-electron chi connectivity index (χ2n) is 5.62. The molecule has 0 aliphatic carbocycles. The SMILES string of the molecule is C=CCNC(=O)NC(=O)COC(=O)c1ccc(S(=O)(=O)Nc2ccccc2)cc1. The Hall–Kier alpha value is -3.66. The van der Waals surface area contributed by atoms with Gasteiger partial charge in [-0.05, 0) is 36.4 Å². The lowest BCUT2D eigenvalue weighted by Crippen LogP contribution is -2.41. The van der Waals surface area contributed by atoms with E-state index in [1.54, 1.807) is 30.3 Å². The molecule has 0 aromatic heterocycles. The number of anilines is 1. The van der Waals surface area contributed by atoms with Gasteiger partial charge >= 0.3 is 12.0 Å². The minimum Gasteiger partial charge on any atom is -0.452 e. The predicted octanol–water partition coefficient (Wildman–Crippen LogP) is 1.66. The number of carbonyl (C=O) groups excluding carboxylic acids is 3. The molecule has 0 bridgehead atoms. The van der Waals surface area contributed by atoms with Gasteiger partial charge in [-0.15, -0.1) is 6.58 Å². The minimum absolute atomic E-state index is 0.0467. The van der Waals surface area contributed by atoms with E-state index in [0.29, 0.717) is 5.69 Å². The first-order chi connectivity index (χ1) is 13.8.